The Balaban J connectivity index is 0.00000242. The maximum Gasteiger partial charge on any atom is 0.242 e. The van der Waals surface area contributed by atoms with E-state index in [1.807, 2.05) is 0 Å². The topological polar surface area (TPSA) is 44.7 Å². The number of aliphatic hydroxyl groups is 1. The van der Waals surface area contributed by atoms with Crippen LogP contribution >= 0.6 is 12.4 Å². The lowest BCUT2D eigenvalue weighted by Crippen LogP contribution is -2.45. The van der Waals surface area contributed by atoms with Crippen LogP contribution < -0.4 is 9.74 Å². The van der Waals surface area contributed by atoms with Gasteiger partial charge in [-0.05, 0) is 43.8 Å². The molecule has 1 heterocycles. The van der Waals surface area contributed by atoms with Gasteiger partial charge in [-0.3, -0.25) is 4.90 Å². The molecule has 0 bridgehead atoms. The molecule has 2 rings (SSSR count). The smallest absolute Gasteiger partial charge is 0.242 e. The number of benzene rings is 1. The van der Waals surface area contributed by atoms with Crippen molar-refractivity contribution < 1.29 is 9.53 Å². The number of aliphatic hydroxyl groups excluding tert-OH is 1. The molecule has 1 saturated heterocycles. The number of nitrogens with one attached hydrogen (secondary N) is 1. The van der Waals surface area contributed by atoms with E-state index in [2.05, 4.69) is 54.1 Å². The van der Waals surface area contributed by atoms with Crippen LogP contribution in [-0.2, 0) is 0 Å². The summed E-state index contributed by atoms with van der Waals surface area (Å²) in [5.74, 6) is 0.959. The molecule has 0 radical (unpaired) electrons. The molecule has 0 spiro atoms. The Morgan fingerprint density at radius 1 is 1.18 bits per heavy atom. The molecule has 0 aromatic heterocycles. The zero-order valence-corrected chi connectivity index (χ0v) is 15.7. The van der Waals surface area contributed by atoms with Crippen LogP contribution in [0.5, 0.6) is 5.75 Å². The lowest BCUT2D eigenvalue weighted by atomic mass is 10.0. The average Bonchev–Trinajstić information content (AvgIpc) is 2.45. The number of piperazine rings is 1. The summed E-state index contributed by atoms with van der Waals surface area (Å²) >= 11 is 0. The molecule has 1 aromatic rings. The van der Waals surface area contributed by atoms with Crippen LogP contribution in [-0.4, -0.2) is 51.1 Å². The molecule has 0 saturated carbocycles. The number of hydrogen-bond donors (Lipinski definition) is 2. The molecule has 0 unspecified atom stereocenters. The summed E-state index contributed by atoms with van der Waals surface area (Å²) in [6.07, 6.45) is 0.786. The zero-order valence-electron chi connectivity index (χ0n) is 13.8. The predicted octanol–water partition coefficient (Wildman–Crippen LogP) is 2.65. The van der Waals surface area contributed by atoms with Crippen molar-refractivity contribution in [2.75, 3.05) is 32.8 Å². The van der Waals surface area contributed by atoms with Crippen molar-refractivity contribution >= 4 is 20.7 Å². The maximum absolute atomic E-state index is 9.37. The summed E-state index contributed by atoms with van der Waals surface area (Å²) in [4.78, 5) is 2.46. The summed E-state index contributed by atoms with van der Waals surface area (Å²) in [7, 11) is -1.55. The fourth-order valence-electron chi connectivity index (χ4n) is 2.79. The highest BCUT2D eigenvalue weighted by atomic mass is 35.5. The number of halogens is 1. The van der Waals surface area contributed by atoms with Crippen molar-refractivity contribution in [1.29, 1.82) is 0 Å². The van der Waals surface area contributed by atoms with E-state index in [-0.39, 0.29) is 19.0 Å². The molecule has 1 aromatic carbocycles. The van der Waals surface area contributed by atoms with E-state index in [1.165, 1.54) is 5.56 Å². The Morgan fingerprint density at radius 2 is 1.77 bits per heavy atom. The molecule has 1 fully saturated rings. The van der Waals surface area contributed by atoms with Crippen molar-refractivity contribution in [1.82, 2.24) is 10.2 Å². The van der Waals surface area contributed by atoms with E-state index < -0.39 is 8.32 Å². The van der Waals surface area contributed by atoms with Crippen molar-refractivity contribution in [3.8, 4) is 5.75 Å². The van der Waals surface area contributed by atoms with Crippen LogP contribution in [0.2, 0.25) is 19.6 Å². The number of nitrogens with zero attached hydrogens (tertiary/aromatic N) is 1. The summed E-state index contributed by atoms with van der Waals surface area (Å²) in [6, 6.07) is 8.74. The molecule has 2 N–H and O–H groups in total. The predicted molar refractivity (Wildman–Crippen MR) is 96.6 cm³/mol. The first-order valence-corrected chi connectivity index (χ1v) is 11.2. The normalized spacial score (nSPS) is 17.6. The Kier molecular flexibility index (Phi) is 7.86. The van der Waals surface area contributed by atoms with E-state index >= 15 is 0 Å². The zero-order chi connectivity index (χ0) is 15.3. The molecule has 4 nitrogen and oxygen atoms in total. The molecule has 0 aliphatic carbocycles. The molecular weight excluding hydrogens is 316 g/mol. The molecule has 126 valence electrons. The van der Waals surface area contributed by atoms with Crippen molar-refractivity contribution in [3.05, 3.63) is 29.8 Å². The summed E-state index contributed by atoms with van der Waals surface area (Å²) < 4.78 is 6.01. The lowest BCUT2D eigenvalue weighted by molar-refractivity contribution is 0.141. The van der Waals surface area contributed by atoms with E-state index in [9.17, 15) is 5.11 Å². The lowest BCUT2D eigenvalue weighted by Gasteiger charge is -2.35. The standard InChI is InChI=1S/C16H28N2O2Si.ClH/c1-21(2,3)20-15-6-4-14(5-7-15)16(8-13-19)18-11-9-17-10-12-18;/h4-7,16-17,19H,8-13H2,1-3H3;1H/t16-;/m1./s1. The fourth-order valence-corrected chi connectivity index (χ4v) is 3.63. The van der Waals surface area contributed by atoms with E-state index in [0.717, 1.165) is 38.3 Å². The van der Waals surface area contributed by atoms with Crippen LogP contribution in [0.15, 0.2) is 24.3 Å². The Hall–Kier alpha value is -0.593. The maximum atomic E-state index is 9.37. The third kappa shape index (κ3) is 5.89. The van der Waals surface area contributed by atoms with Gasteiger partial charge < -0.3 is 14.8 Å². The van der Waals surface area contributed by atoms with Gasteiger partial charge in [-0.1, -0.05) is 12.1 Å². The van der Waals surface area contributed by atoms with Gasteiger partial charge in [-0.25, -0.2) is 0 Å². The second-order valence-corrected chi connectivity index (χ2v) is 11.0. The Labute approximate surface area is 141 Å². The van der Waals surface area contributed by atoms with Crippen LogP contribution in [0.25, 0.3) is 0 Å². The van der Waals surface area contributed by atoms with Crippen molar-refractivity contribution in [2.45, 2.75) is 32.1 Å². The fraction of sp³-hybridized carbons (Fsp3) is 0.625. The van der Waals surface area contributed by atoms with Crippen LogP contribution in [0.3, 0.4) is 0 Å². The van der Waals surface area contributed by atoms with Crippen LogP contribution in [0.1, 0.15) is 18.0 Å². The van der Waals surface area contributed by atoms with Crippen LogP contribution in [0, 0.1) is 0 Å². The second kappa shape index (κ2) is 8.89. The second-order valence-electron chi connectivity index (χ2n) is 6.60. The van der Waals surface area contributed by atoms with Gasteiger partial charge in [-0.2, -0.15) is 0 Å². The van der Waals surface area contributed by atoms with Gasteiger partial charge in [0, 0.05) is 38.8 Å². The van der Waals surface area contributed by atoms with Gasteiger partial charge in [0.05, 0.1) is 0 Å². The minimum Gasteiger partial charge on any atom is -0.544 e. The minimum absolute atomic E-state index is 0. The highest BCUT2D eigenvalue weighted by Gasteiger charge is 2.22. The van der Waals surface area contributed by atoms with Crippen molar-refractivity contribution in [3.63, 3.8) is 0 Å². The van der Waals surface area contributed by atoms with Crippen molar-refractivity contribution in [2.24, 2.45) is 0 Å². The first-order valence-electron chi connectivity index (χ1n) is 7.84. The summed E-state index contributed by atoms with van der Waals surface area (Å²) in [6.45, 7) is 10.9. The largest absolute Gasteiger partial charge is 0.544 e. The highest BCUT2D eigenvalue weighted by Crippen LogP contribution is 2.27. The quantitative estimate of drug-likeness (QED) is 0.779. The Morgan fingerprint density at radius 3 is 2.27 bits per heavy atom. The molecular formula is C16H29ClN2O2Si. The molecule has 0 amide bonds. The third-order valence-electron chi connectivity index (χ3n) is 3.68. The summed E-state index contributed by atoms with van der Waals surface area (Å²) in [5.41, 5.74) is 1.27. The SMILES string of the molecule is C[Si](C)(C)Oc1ccc([C@@H](CCO)N2CCNCC2)cc1.Cl. The monoisotopic (exact) mass is 344 g/mol. The summed E-state index contributed by atoms with van der Waals surface area (Å²) in [5, 5.41) is 12.8. The molecule has 6 heteroatoms. The molecule has 1 aliphatic heterocycles. The van der Waals surface area contributed by atoms with E-state index in [4.69, 9.17) is 4.43 Å². The van der Waals surface area contributed by atoms with Crippen LogP contribution in [0.4, 0.5) is 0 Å². The minimum atomic E-state index is -1.55. The molecule has 1 atom stereocenters. The highest BCUT2D eigenvalue weighted by molar-refractivity contribution is 6.70. The first-order chi connectivity index (χ1) is 9.99. The first kappa shape index (κ1) is 19.5. The molecule has 1 aliphatic rings. The van der Waals surface area contributed by atoms with E-state index in [0.29, 0.717) is 6.04 Å². The average molecular weight is 345 g/mol. The third-order valence-corrected chi connectivity index (χ3v) is 4.53. The molecule has 22 heavy (non-hydrogen) atoms. The number of hydrogen-bond acceptors (Lipinski definition) is 4. The van der Waals surface area contributed by atoms with Gasteiger partial charge in [-0.15, -0.1) is 12.4 Å². The van der Waals surface area contributed by atoms with Gasteiger partial charge in [0.25, 0.3) is 0 Å². The van der Waals surface area contributed by atoms with Gasteiger partial charge in [0.1, 0.15) is 5.75 Å². The number of rotatable bonds is 6. The Bertz CT molecular complexity index is 431. The van der Waals surface area contributed by atoms with Gasteiger partial charge >= 0.3 is 0 Å². The van der Waals surface area contributed by atoms with E-state index in [1.54, 1.807) is 0 Å². The van der Waals surface area contributed by atoms with Gasteiger partial charge in [0.15, 0.2) is 0 Å². The van der Waals surface area contributed by atoms with Gasteiger partial charge in [0.2, 0.25) is 8.32 Å².